The molecule has 0 aliphatic carbocycles. The van der Waals surface area contributed by atoms with Gasteiger partial charge in [-0.05, 0) is 68.3 Å². The monoisotopic (exact) mass is 434 g/mol. The van der Waals surface area contributed by atoms with Crippen molar-refractivity contribution in [2.24, 2.45) is 0 Å². The number of sulfonamides is 1. The number of aryl methyl sites for hydroxylation is 1. The first-order valence-electron chi connectivity index (χ1n) is 9.99. The largest absolute Gasteiger partial charge is 0.494 e. The molecule has 1 amide bonds. The van der Waals surface area contributed by atoms with Gasteiger partial charge in [0.25, 0.3) is 5.91 Å². The van der Waals surface area contributed by atoms with E-state index in [0.717, 1.165) is 16.9 Å². The molecule has 164 valence electrons. The van der Waals surface area contributed by atoms with Crippen LogP contribution in [0.4, 0.5) is 5.69 Å². The lowest BCUT2D eigenvalue weighted by Crippen LogP contribution is -2.31. The van der Waals surface area contributed by atoms with Crippen LogP contribution >= 0.6 is 0 Å². The zero-order valence-corrected chi connectivity index (χ0v) is 19.0. The Labute approximate surface area is 179 Å². The van der Waals surface area contributed by atoms with E-state index in [1.807, 2.05) is 20.8 Å². The third kappa shape index (κ3) is 5.73. The molecular formula is C22H30N2O5S. The van der Waals surface area contributed by atoms with Crippen molar-refractivity contribution >= 4 is 21.6 Å². The summed E-state index contributed by atoms with van der Waals surface area (Å²) in [5.74, 6) is 0.898. The topological polar surface area (TPSA) is 84.9 Å². The van der Waals surface area contributed by atoms with Crippen molar-refractivity contribution in [3.63, 3.8) is 0 Å². The van der Waals surface area contributed by atoms with Crippen LogP contribution in [-0.4, -0.2) is 44.9 Å². The van der Waals surface area contributed by atoms with Gasteiger partial charge in [0.05, 0.1) is 11.5 Å². The molecule has 0 unspecified atom stereocenters. The summed E-state index contributed by atoms with van der Waals surface area (Å²) in [7, 11) is -3.62. The molecule has 2 aromatic rings. The fourth-order valence-electron chi connectivity index (χ4n) is 2.95. The number of carbonyl (C=O) groups is 1. The number of nitrogens with zero attached hydrogens (tertiary/aromatic N) is 1. The van der Waals surface area contributed by atoms with E-state index in [2.05, 4.69) is 5.32 Å². The molecule has 1 N–H and O–H groups in total. The minimum Gasteiger partial charge on any atom is -0.494 e. The standard InChI is InChI=1S/C22H30N2O5S/c1-6-24(7-2)30(26,27)20-13-16(4)17(5)21(14-20)23-22(25)15-29-19-11-9-18(10-12-19)28-8-3/h9-14H,6-8,15H2,1-5H3,(H,23,25). The molecule has 0 saturated heterocycles. The highest BCUT2D eigenvalue weighted by molar-refractivity contribution is 7.89. The quantitative estimate of drug-likeness (QED) is 0.616. The Balaban J connectivity index is 2.13. The number of hydrogen-bond acceptors (Lipinski definition) is 5. The van der Waals surface area contributed by atoms with Gasteiger partial charge in [-0.25, -0.2) is 8.42 Å². The minimum atomic E-state index is -3.62. The lowest BCUT2D eigenvalue weighted by atomic mass is 10.1. The van der Waals surface area contributed by atoms with Gasteiger partial charge in [0.1, 0.15) is 11.5 Å². The molecule has 0 atom stereocenters. The van der Waals surface area contributed by atoms with Crippen LogP contribution in [0.25, 0.3) is 0 Å². The molecule has 8 heteroatoms. The maximum atomic E-state index is 12.9. The van der Waals surface area contributed by atoms with Gasteiger partial charge in [-0.3, -0.25) is 4.79 Å². The van der Waals surface area contributed by atoms with Crippen LogP contribution in [-0.2, 0) is 14.8 Å². The third-order valence-corrected chi connectivity index (χ3v) is 6.79. The molecule has 0 radical (unpaired) electrons. The first-order chi connectivity index (χ1) is 14.2. The van der Waals surface area contributed by atoms with Gasteiger partial charge in [0, 0.05) is 18.8 Å². The SMILES string of the molecule is CCOc1ccc(OCC(=O)Nc2cc(S(=O)(=O)N(CC)CC)cc(C)c2C)cc1. The molecule has 7 nitrogen and oxygen atoms in total. The van der Waals surface area contributed by atoms with E-state index in [1.54, 1.807) is 44.2 Å². The van der Waals surface area contributed by atoms with Crippen LogP contribution in [0.15, 0.2) is 41.3 Å². The molecule has 30 heavy (non-hydrogen) atoms. The van der Waals surface area contributed by atoms with Crippen LogP contribution in [0.2, 0.25) is 0 Å². The Hall–Kier alpha value is -2.58. The Kier molecular flexibility index (Phi) is 8.25. The summed E-state index contributed by atoms with van der Waals surface area (Å²) in [6.07, 6.45) is 0. The maximum absolute atomic E-state index is 12.9. The predicted octanol–water partition coefficient (Wildman–Crippen LogP) is 3.75. The number of rotatable bonds is 10. The van der Waals surface area contributed by atoms with Gasteiger partial charge in [0.15, 0.2) is 6.61 Å². The second-order valence-electron chi connectivity index (χ2n) is 6.74. The summed E-state index contributed by atoms with van der Waals surface area (Å²) in [5, 5.41) is 2.77. The normalized spacial score (nSPS) is 11.4. The zero-order valence-electron chi connectivity index (χ0n) is 18.2. The molecule has 2 aromatic carbocycles. The summed E-state index contributed by atoms with van der Waals surface area (Å²) in [6.45, 7) is 10.3. The molecule has 0 saturated carbocycles. The van der Waals surface area contributed by atoms with E-state index in [-0.39, 0.29) is 17.4 Å². The lowest BCUT2D eigenvalue weighted by Gasteiger charge is -2.20. The number of carbonyl (C=O) groups excluding carboxylic acids is 1. The van der Waals surface area contributed by atoms with Gasteiger partial charge < -0.3 is 14.8 Å². The van der Waals surface area contributed by atoms with Crippen molar-refractivity contribution in [2.75, 3.05) is 31.6 Å². The number of amides is 1. The van der Waals surface area contributed by atoms with Gasteiger partial charge in [-0.15, -0.1) is 0 Å². The molecule has 0 aromatic heterocycles. The fourth-order valence-corrected chi connectivity index (χ4v) is 4.52. The molecular weight excluding hydrogens is 404 g/mol. The molecule has 0 aliphatic rings. The van der Waals surface area contributed by atoms with Crippen LogP contribution in [0.1, 0.15) is 31.9 Å². The van der Waals surface area contributed by atoms with E-state index in [9.17, 15) is 13.2 Å². The predicted molar refractivity (Wildman–Crippen MR) is 118 cm³/mol. The summed E-state index contributed by atoms with van der Waals surface area (Å²) in [5.41, 5.74) is 2.05. The Morgan fingerprint density at radius 1 is 0.967 bits per heavy atom. The molecule has 0 fully saturated rings. The Bertz CT molecular complexity index is 968. The number of benzene rings is 2. The number of hydrogen-bond donors (Lipinski definition) is 1. The highest BCUT2D eigenvalue weighted by Crippen LogP contribution is 2.26. The number of nitrogens with one attached hydrogen (secondary N) is 1. The Morgan fingerprint density at radius 2 is 1.53 bits per heavy atom. The second-order valence-corrected chi connectivity index (χ2v) is 8.68. The summed E-state index contributed by atoms with van der Waals surface area (Å²) >= 11 is 0. The first-order valence-corrected chi connectivity index (χ1v) is 11.4. The molecule has 0 bridgehead atoms. The van der Waals surface area contributed by atoms with Crippen LogP contribution in [0, 0.1) is 13.8 Å². The average Bonchev–Trinajstić information content (AvgIpc) is 2.71. The van der Waals surface area contributed by atoms with Crippen molar-refractivity contribution in [1.29, 1.82) is 0 Å². The third-order valence-electron chi connectivity index (χ3n) is 4.76. The summed E-state index contributed by atoms with van der Waals surface area (Å²) in [6, 6.07) is 10.1. The van der Waals surface area contributed by atoms with Gasteiger partial charge >= 0.3 is 0 Å². The van der Waals surface area contributed by atoms with Gasteiger partial charge in [-0.2, -0.15) is 4.31 Å². The summed E-state index contributed by atoms with van der Waals surface area (Å²) < 4.78 is 38.0. The van der Waals surface area contributed by atoms with Crippen molar-refractivity contribution in [3.8, 4) is 11.5 Å². The van der Waals surface area contributed by atoms with E-state index in [1.165, 1.54) is 10.4 Å². The van der Waals surface area contributed by atoms with Crippen LogP contribution in [0.5, 0.6) is 11.5 Å². The zero-order chi connectivity index (χ0) is 22.3. The molecule has 0 spiro atoms. The van der Waals surface area contributed by atoms with E-state index in [0.29, 0.717) is 31.1 Å². The van der Waals surface area contributed by atoms with E-state index >= 15 is 0 Å². The molecule has 0 heterocycles. The Morgan fingerprint density at radius 3 is 2.07 bits per heavy atom. The van der Waals surface area contributed by atoms with E-state index in [4.69, 9.17) is 9.47 Å². The van der Waals surface area contributed by atoms with Crippen molar-refractivity contribution < 1.29 is 22.7 Å². The van der Waals surface area contributed by atoms with Crippen LogP contribution < -0.4 is 14.8 Å². The van der Waals surface area contributed by atoms with Crippen molar-refractivity contribution in [2.45, 2.75) is 39.5 Å². The lowest BCUT2D eigenvalue weighted by molar-refractivity contribution is -0.118. The average molecular weight is 435 g/mol. The van der Waals surface area contributed by atoms with Gasteiger partial charge in [0.2, 0.25) is 10.0 Å². The highest BCUT2D eigenvalue weighted by Gasteiger charge is 2.23. The molecule has 2 rings (SSSR count). The first kappa shape index (κ1) is 23.7. The minimum absolute atomic E-state index is 0.164. The highest BCUT2D eigenvalue weighted by atomic mass is 32.2. The van der Waals surface area contributed by atoms with Crippen LogP contribution in [0.3, 0.4) is 0 Å². The van der Waals surface area contributed by atoms with Crippen molar-refractivity contribution in [1.82, 2.24) is 4.31 Å². The van der Waals surface area contributed by atoms with E-state index < -0.39 is 10.0 Å². The maximum Gasteiger partial charge on any atom is 0.262 e. The smallest absolute Gasteiger partial charge is 0.262 e. The van der Waals surface area contributed by atoms with Gasteiger partial charge in [-0.1, -0.05) is 13.8 Å². The number of anilines is 1. The van der Waals surface area contributed by atoms with Crippen molar-refractivity contribution in [3.05, 3.63) is 47.5 Å². The number of ether oxygens (including phenoxy) is 2. The molecule has 0 aliphatic heterocycles. The second kappa shape index (κ2) is 10.4. The fraction of sp³-hybridized carbons (Fsp3) is 0.409. The summed E-state index contributed by atoms with van der Waals surface area (Å²) in [4.78, 5) is 12.6.